The number of carbonyl (C=O) groups excluding carboxylic acids is 1. The van der Waals surface area contributed by atoms with Crippen molar-refractivity contribution in [1.29, 1.82) is 0 Å². The number of hydrogen-bond donors (Lipinski definition) is 2. The maximum atomic E-state index is 14.3. The number of benzene rings is 1. The molecule has 0 aliphatic heterocycles. The van der Waals surface area contributed by atoms with Crippen LogP contribution in [-0.2, 0) is 0 Å². The molecule has 170 valence electrons. The minimum Gasteiger partial charge on any atom is -0.491 e. The highest BCUT2D eigenvalue weighted by Crippen LogP contribution is 2.26. The first-order valence-electron chi connectivity index (χ1n) is 10.5. The number of rotatable bonds is 9. The maximum Gasteiger partial charge on any atom is 0.293 e. The molecule has 2 heterocycles. The lowest BCUT2D eigenvalue weighted by molar-refractivity contribution is 0.0953. The number of carbonyl (C=O) groups is 1. The maximum absolute atomic E-state index is 14.3. The molecule has 9 heteroatoms. The Balaban J connectivity index is 1.58. The van der Waals surface area contributed by atoms with Crippen LogP contribution in [0.1, 0.15) is 43.2 Å². The number of unbranched alkanes of at least 4 members (excludes halogenated alkanes) is 3. The fourth-order valence-corrected chi connectivity index (χ4v) is 3.36. The Labute approximate surface area is 191 Å². The van der Waals surface area contributed by atoms with Gasteiger partial charge in [-0.25, -0.2) is 9.37 Å². The molecule has 0 spiro atoms. The molecule has 3 aromatic rings. The summed E-state index contributed by atoms with van der Waals surface area (Å²) in [7, 11) is 3.71. The smallest absolute Gasteiger partial charge is 0.293 e. The van der Waals surface area contributed by atoms with E-state index in [1.54, 1.807) is 24.4 Å². The number of nitrogens with zero attached hydrogens (tertiary/aromatic N) is 2. The number of aromatic nitrogens is 1. The van der Waals surface area contributed by atoms with Crippen LogP contribution in [0.3, 0.4) is 0 Å². The van der Waals surface area contributed by atoms with E-state index in [9.17, 15) is 9.18 Å². The zero-order valence-electron chi connectivity index (χ0n) is 18.4. The molecule has 0 saturated heterocycles. The number of ether oxygens (including phenoxy) is 1. The number of hydrogen-bond acceptors (Lipinski definition) is 6. The fraction of sp³-hybridized carbons (Fsp3) is 0.348. The summed E-state index contributed by atoms with van der Waals surface area (Å²) in [5.74, 6) is -0.0430. The normalized spacial score (nSPS) is 10.8. The van der Waals surface area contributed by atoms with Gasteiger partial charge < -0.3 is 19.4 Å². The quantitative estimate of drug-likeness (QED) is 0.340. The molecule has 0 aliphatic rings. The van der Waals surface area contributed by atoms with Gasteiger partial charge in [0.2, 0.25) is 0 Å². The van der Waals surface area contributed by atoms with Crippen molar-refractivity contribution < 1.29 is 18.3 Å². The molecule has 32 heavy (non-hydrogen) atoms. The van der Waals surface area contributed by atoms with Crippen LogP contribution in [0.5, 0.6) is 5.75 Å². The lowest BCUT2D eigenvalue weighted by Gasteiger charge is -2.11. The van der Waals surface area contributed by atoms with E-state index < -0.39 is 11.7 Å². The predicted octanol–water partition coefficient (Wildman–Crippen LogP) is 5.12. The highest BCUT2D eigenvalue weighted by molar-refractivity contribution is 7.80. The average molecular weight is 459 g/mol. The van der Waals surface area contributed by atoms with Gasteiger partial charge in [0.15, 0.2) is 22.4 Å². The molecule has 0 bridgehead atoms. The van der Waals surface area contributed by atoms with E-state index in [1.165, 1.54) is 12.1 Å². The molecule has 2 aromatic heterocycles. The highest BCUT2D eigenvalue weighted by atomic mass is 32.1. The first-order valence-corrected chi connectivity index (χ1v) is 10.9. The highest BCUT2D eigenvalue weighted by Gasteiger charge is 2.17. The molecule has 0 radical (unpaired) electrons. The molecule has 0 unspecified atom stereocenters. The van der Waals surface area contributed by atoms with Crippen molar-refractivity contribution in [2.45, 2.75) is 32.6 Å². The van der Waals surface area contributed by atoms with Crippen LogP contribution >= 0.6 is 12.2 Å². The molecule has 3 rings (SSSR count). The molecule has 1 aromatic carbocycles. The van der Waals surface area contributed by atoms with Gasteiger partial charge in [-0.15, -0.1) is 0 Å². The SMILES string of the molecule is CCCCCCOc1ccc(NC(=S)NC(=O)c2cc3c(N(C)C)nccc3o2)cc1F. The van der Waals surface area contributed by atoms with E-state index in [0.717, 1.165) is 25.7 Å². The second kappa shape index (κ2) is 10.9. The van der Waals surface area contributed by atoms with Crippen LogP contribution in [0.4, 0.5) is 15.9 Å². The van der Waals surface area contributed by atoms with Crippen LogP contribution in [0.25, 0.3) is 11.0 Å². The standard InChI is InChI=1S/C23H27FN4O3S/c1-4-5-6-7-12-30-19-9-8-15(13-17(19)24)26-23(32)27-22(29)20-14-16-18(31-20)10-11-25-21(16)28(2)3/h8-11,13-14H,4-7,12H2,1-3H3,(H2,26,27,29,32). The molecule has 1 amide bonds. The second-order valence-electron chi connectivity index (χ2n) is 7.51. The topological polar surface area (TPSA) is 79.6 Å². The van der Waals surface area contributed by atoms with E-state index in [2.05, 4.69) is 22.5 Å². The van der Waals surface area contributed by atoms with Crippen LogP contribution in [0.2, 0.25) is 0 Å². The van der Waals surface area contributed by atoms with Crippen molar-refractivity contribution in [3.05, 3.63) is 48.1 Å². The predicted molar refractivity (Wildman–Crippen MR) is 128 cm³/mol. The molecular formula is C23H27FN4O3S. The van der Waals surface area contributed by atoms with Gasteiger partial charge in [-0.3, -0.25) is 10.1 Å². The zero-order valence-corrected chi connectivity index (χ0v) is 19.2. The van der Waals surface area contributed by atoms with E-state index in [1.807, 2.05) is 19.0 Å². The molecular weight excluding hydrogens is 431 g/mol. The summed E-state index contributed by atoms with van der Waals surface area (Å²) < 4.78 is 25.4. The fourth-order valence-electron chi connectivity index (χ4n) is 3.15. The number of thiocarbonyl (C=S) groups is 1. The lowest BCUT2D eigenvalue weighted by Crippen LogP contribution is -2.33. The Bertz CT molecular complexity index is 1100. The molecule has 0 saturated carbocycles. The van der Waals surface area contributed by atoms with Crippen molar-refractivity contribution in [2.24, 2.45) is 0 Å². The van der Waals surface area contributed by atoms with Crippen molar-refractivity contribution >= 4 is 45.7 Å². The van der Waals surface area contributed by atoms with Crippen molar-refractivity contribution in [3.8, 4) is 5.75 Å². The van der Waals surface area contributed by atoms with Crippen LogP contribution < -0.4 is 20.3 Å². The van der Waals surface area contributed by atoms with Gasteiger partial charge in [-0.2, -0.15) is 0 Å². The van der Waals surface area contributed by atoms with Crippen LogP contribution in [0, 0.1) is 5.82 Å². The third kappa shape index (κ3) is 5.94. The number of halogens is 1. The number of fused-ring (bicyclic) bond motifs is 1. The Hall–Kier alpha value is -3.20. The van der Waals surface area contributed by atoms with Gasteiger partial charge in [0.05, 0.1) is 12.0 Å². The molecule has 2 N–H and O–H groups in total. The number of nitrogens with one attached hydrogen (secondary N) is 2. The summed E-state index contributed by atoms with van der Waals surface area (Å²) >= 11 is 5.19. The van der Waals surface area contributed by atoms with E-state index in [-0.39, 0.29) is 16.6 Å². The molecule has 0 aliphatic carbocycles. The van der Waals surface area contributed by atoms with Gasteiger partial charge in [-0.05, 0) is 36.8 Å². The Morgan fingerprint density at radius 2 is 2.03 bits per heavy atom. The van der Waals surface area contributed by atoms with Crippen molar-refractivity contribution in [1.82, 2.24) is 10.3 Å². The summed E-state index contributed by atoms with van der Waals surface area (Å²) in [4.78, 5) is 18.7. The van der Waals surface area contributed by atoms with Gasteiger partial charge in [0.25, 0.3) is 5.91 Å². The number of pyridine rings is 1. The Morgan fingerprint density at radius 3 is 2.75 bits per heavy atom. The monoisotopic (exact) mass is 458 g/mol. The minimum absolute atomic E-state index is 0.0223. The first-order chi connectivity index (χ1) is 15.4. The lowest BCUT2D eigenvalue weighted by atomic mass is 10.2. The van der Waals surface area contributed by atoms with Gasteiger partial charge in [0, 0.05) is 38.1 Å². The van der Waals surface area contributed by atoms with Gasteiger partial charge in [0.1, 0.15) is 11.4 Å². The summed E-state index contributed by atoms with van der Waals surface area (Å²) in [6.45, 7) is 2.61. The van der Waals surface area contributed by atoms with Crippen molar-refractivity contribution in [2.75, 3.05) is 30.9 Å². The van der Waals surface area contributed by atoms with Gasteiger partial charge in [-0.1, -0.05) is 26.2 Å². The number of furan rings is 1. The molecule has 0 fully saturated rings. The minimum atomic E-state index is -0.518. The summed E-state index contributed by atoms with van der Waals surface area (Å²) in [5.41, 5.74) is 0.940. The van der Waals surface area contributed by atoms with E-state index in [0.29, 0.717) is 29.1 Å². The average Bonchev–Trinajstić information content (AvgIpc) is 3.19. The van der Waals surface area contributed by atoms with Gasteiger partial charge >= 0.3 is 0 Å². The second-order valence-corrected chi connectivity index (χ2v) is 7.92. The molecule has 7 nitrogen and oxygen atoms in total. The first kappa shape index (κ1) is 23.5. The Kier molecular flexibility index (Phi) is 7.99. The third-order valence-electron chi connectivity index (χ3n) is 4.74. The summed E-state index contributed by atoms with van der Waals surface area (Å²) in [6, 6.07) is 7.75. The van der Waals surface area contributed by atoms with Crippen molar-refractivity contribution in [3.63, 3.8) is 0 Å². The third-order valence-corrected chi connectivity index (χ3v) is 4.95. The number of amides is 1. The number of anilines is 2. The summed E-state index contributed by atoms with van der Waals surface area (Å²) in [6.07, 6.45) is 5.83. The zero-order chi connectivity index (χ0) is 23.1. The Morgan fingerprint density at radius 1 is 1.22 bits per heavy atom. The van der Waals surface area contributed by atoms with Crippen LogP contribution in [0.15, 0.2) is 40.9 Å². The molecule has 0 atom stereocenters. The largest absolute Gasteiger partial charge is 0.491 e. The van der Waals surface area contributed by atoms with E-state index >= 15 is 0 Å². The van der Waals surface area contributed by atoms with Crippen LogP contribution in [-0.4, -0.2) is 36.7 Å². The van der Waals surface area contributed by atoms with E-state index in [4.69, 9.17) is 21.4 Å². The summed E-state index contributed by atoms with van der Waals surface area (Å²) in [5, 5.41) is 6.08.